The highest BCUT2D eigenvalue weighted by molar-refractivity contribution is 6.87. The van der Waals surface area contributed by atoms with Crippen LogP contribution in [0.2, 0.25) is 13.1 Å². The van der Waals surface area contributed by atoms with Gasteiger partial charge in [-0.3, -0.25) is 0 Å². The molecule has 0 aliphatic heterocycles. The maximum absolute atomic E-state index is 2.63. The van der Waals surface area contributed by atoms with Gasteiger partial charge in [-0.2, -0.15) is 0 Å². The molecule has 4 rings (SSSR count). The lowest BCUT2D eigenvalue weighted by Crippen LogP contribution is -2.37. The van der Waals surface area contributed by atoms with Gasteiger partial charge in [0.15, 0.2) is 0 Å². The molecule has 27 heavy (non-hydrogen) atoms. The summed E-state index contributed by atoms with van der Waals surface area (Å²) in [6.07, 6.45) is 3.79. The fraction of sp³-hybridized carbons (Fsp3) is 0.385. The van der Waals surface area contributed by atoms with E-state index < -0.39 is 8.07 Å². The molecule has 0 amide bonds. The number of allylic oxidation sites excluding steroid dienone is 4. The van der Waals surface area contributed by atoms with Crippen LogP contribution in [0, 0.1) is 11.8 Å². The lowest BCUT2D eigenvalue weighted by Gasteiger charge is -2.33. The van der Waals surface area contributed by atoms with Crippen LogP contribution in [0.15, 0.2) is 59.8 Å². The molecule has 1 heteroatoms. The molecule has 0 heterocycles. The van der Waals surface area contributed by atoms with Gasteiger partial charge in [0.2, 0.25) is 0 Å². The van der Waals surface area contributed by atoms with Crippen LogP contribution >= 0.6 is 0 Å². The van der Waals surface area contributed by atoms with Crippen molar-refractivity contribution in [2.75, 3.05) is 0 Å². The minimum absolute atomic E-state index is 0.584. The van der Waals surface area contributed by atoms with Crippen LogP contribution in [0.5, 0.6) is 0 Å². The first-order valence-corrected chi connectivity index (χ1v) is 13.5. The van der Waals surface area contributed by atoms with E-state index >= 15 is 0 Å². The van der Waals surface area contributed by atoms with E-state index in [1.165, 1.54) is 16.7 Å². The Labute approximate surface area is 166 Å². The topological polar surface area (TPSA) is 0 Å². The summed E-state index contributed by atoms with van der Waals surface area (Å²) in [6.45, 7) is 14.6. The van der Waals surface area contributed by atoms with E-state index in [1.807, 2.05) is 0 Å². The van der Waals surface area contributed by atoms with Gasteiger partial charge >= 0.3 is 0 Å². The Morgan fingerprint density at radius 3 is 2.11 bits per heavy atom. The first-order chi connectivity index (χ1) is 12.8. The van der Waals surface area contributed by atoms with Crippen molar-refractivity contribution in [3.63, 3.8) is 0 Å². The van der Waals surface area contributed by atoms with Crippen LogP contribution in [-0.4, -0.2) is 8.07 Å². The van der Waals surface area contributed by atoms with Crippen LogP contribution in [0.4, 0.5) is 0 Å². The predicted molar refractivity (Wildman–Crippen MR) is 121 cm³/mol. The molecule has 0 radical (unpaired) electrons. The van der Waals surface area contributed by atoms with Crippen molar-refractivity contribution in [3.8, 4) is 0 Å². The Balaban J connectivity index is 1.86. The minimum Gasteiger partial charge on any atom is -0.0753 e. The SMILES string of the molecule is CC(C)C1=CC([Si](C)(C)C2=C(C(C)C)c3ccccc3C2)c2ccccc21. The highest BCUT2D eigenvalue weighted by atomic mass is 28.3. The summed E-state index contributed by atoms with van der Waals surface area (Å²) in [5.74, 6) is 1.17. The maximum Gasteiger partial charge on any atom is 0.0877 e. The highest BCUT2D eigenvalue weighted by Crippen LogP contribution is 2.50. The zero-order chi connectivity index (χ0) is 19.3. The van der Waals surface area contributed by atoms with Gasteiger partial charge in [0.05, 0.1) is 8.07 Å². The summed E-state index contributed by atoms with van der Waals surface area (Å²) in [5.41, 5.74) is 9.91. The molecule has 0 nitrogen and oxygen atoms in total. The van der Waals surface area contributed by atoms with Gasteiger partial charge in [-0.15, -0.1) is 0 Å². The molecule has 0 N–H and O–H groups in total. The van der Waals surface area contributed by atoms with E-state index in [0.717, 1.165) is 6.42 Å². The molecule has 0 saturated carbocycles. The van der Waals surface area contributed by atoms with E-state index in [0.29, 0.717) is 17.4 Å². The van der Waals surface area contributed by atoms with Crippen molar-refractivity contribution in [1.82, 2.24) is 0 Å². The van der Waals surface area contributed by atoms with Gasteiger partial charge in [0, 0.05) is 5.54 Å². The van der Waals surface area contributed by atoms with E-state index in [2.05, 4.69) is 95.4 Å². The first kappa shape index (κ1) is 18.5. The van der Waals surface area contributed by atoms with E-state index in [9.17, 15) is 0 Å². The van der Waals surface area contributed by atoms with Crippen LogP contribution in [-0.2, 0) is 6.42 Å². The van der Waals surface area contributed by atoms with Crippen molar-refractivity contribution in [1.29, 1.82) is 0 Å². The maximum atomic E-state index is 2.63. The molecular weight excluding hydrogens is 340 g/mol. The zero-order valence-corrected chi connectivity index (χ0v) is 18.6. The molecule has 0 spiro atoms. The number of benzene rings is 2. The molecule has 0 aromatic heterocycles. The predicted octanol–water partition coefficient (Wildman–Crippen LogP) is 7.28. The Hall–Kier alpha value is -1.86. The van der Waals surface area contributed by atoms with Gasteiger partial charge < -0.3 is 0 Å². The normalized spacial score (nSPS) is 19.0. The number of fused-ring (bicyclic) bond motifs is 2. The van der Waals surface area contributed by atoms with Crippen LogP contribution in [0.25, 0.3) is 11.1 Å². The summed E-state index contributed by atoms with van der Waals surface area (Å²) in [4.78, 5) is 0. The van der Waals surface area contributed by atoms with Crippen LogP contribution < -0.4 is 0 Å². The molecule has 0 fully saturated rings. The largest absolute Gasteiger partial charge is 0.0877 e. The third-order valence-corrected chi connectivity index (χ3v) is 10.7. The van der Waals surface area contributed by atoms with E-state index in [-0.39, 0.29) is 0 Å². The quantitative estimate of drug-likeness (QED) is 0.495. The molecule has 2 aliphatic carbocycles. The molecule has 2 aromatic rings. The van der Waals surface area contributed by atoms with Crippen molar-refractivity contribution in [2.24, 2.45) is 11.8 Å². The second-order valence-corrected chi connectivity index (χ2v) is 14.1. The highest BCUT2D eigenvalue weighted by Gasteiger charge is 2.43. The second kappa shape index (κ2) is 6.63. The fourth-order valence-corrected chi connectivity index (χ4v) is 9.06. The van der Waals surface area contributed by atoms with Crippen LogP contribution in [0.3, 0.4) is 0 Å². The average Bonchev–Trinajstić information content (AvgIpc) is 3.21. The second-order valence-electron chi connectivity index (χ2n) is 9.44. The van der Waals surface area contributed by atoms with Crippen molar-refractivity contribution >= 4 is 19.2 Å². The monoisotopic (exact) mass is 372 g/mol. The standard InChI is InChI=1S/C26H32Si/c1-17(2)23-16-24(22-14-10-9-13-21(22)23)27(5,6)25-15-19-11-7-8-12-20(19)26(25)18(3)4/h7-14,16-18,24H,15H2,1-6H3. The Morgan fingerprint density at radius 1 is 0.815 bits per heavy atom. The van der Waals surface area contributed by atoms with Crippen molar-refractivity contribution in [3.05, 3.63) is 82.1 Å². The lowest BCUT2D eigenvalue weighted by atomic mass is 9.97. The number of hydrogen-bond donors (Lipinski definition) is 0. The number of hydrogen-bond acceptors (Lipinski definition) is 0. The Morgan fingerprint density at radius 2 is 1.44 bits per heavy atom. The van der Waals surface area contributed by atoms with E-state index in [1.54, 1.807) is 21.9 Å². The first-order valence-electron chi connectivity index (χ1n) is 10.4. The van der Waals surface area contributed by atoms with Gasteiger partial charge in [-0.1, -0.05) is 101 Å². The van der Waals surface area contributed by atoms with Crippen molar-refractivity contribution < 1.29 is 0 Å². The molecule has 2 aliphatic rings. The lowest BCUT2D eigenvalue weighted by molar-refractivity contribution is 0.854. The van der Waals surface area contributed by atoms with Gasteiger partial charge in [0.25, 0.3) is 0 Å². The molecule has 1 atom stereocenters. The molecule has 0 bridgehead atoms. The van der Waals surface area contributed by atoms with Crippen molar-refractivity contribution in [2.45, 2.75) is 52.8 Å². The average molecular weight is 373 g/mol. The summed E-state index contributed by atoms with van der Waals surface area (Å²) in [5, 5.41) is 1.78. The third-order valence-electron chi connectivity index (χ3n) is 6.71. The minimum atomic E-state index is -1.70. The van der Waals surface area contributed by atoms with Gasteiger partial charge in [-0.05, 0) is 51.7 Å². The summed E-state index contributed by atoms with van der Waals surface area (Å²) >= 11 is 0. The number of rotatable bonds is 4. The van der Waals surface area contributed by atoms with Gasteiger partial charge in [-0.25, -0.2) is 0 Å². The zero-order valence-electron chi connectivity index (χ0n) is 17.6. The van der Waals surface area contributed by atoms with Crippen LogP contribution in [0.1, 0.15) is 55.5 Å². The van der Waals surface area contributed by atoms with E-state index in [4.69, 9.17) is 0 Å². The molecule has 140 valence electrons. The van der Waals surface area contributed by atoms with Gasteiger partial charge in [0.1, 0.15) is 0 Å². The summed E-state index contributed by atoms with van der Waals surface area (Å²) < 4.78 is 0. The molecule has 0 saturated heterocycles. The Kier molecular flexibility index (Phi) is 4.54. The smallest absolute Gasteiger partial charge is 0.0753 e. The molecular formula is C26H32Si. The molecule has 1 unspecified atom stereocenters. The Bertz CT molecular complexity index is 940. The summed E-state index contributed by atoms with van der Waals surface area (Å²) in [7, 11) is -1.70. The third kappa shape index (κ3) is 2.88. The summed E-state index contributed by atoms with van der Waals surface area (Å²) in [6, 6.07) is 18.3. The molecule has 2 aromatic carbocycles. The fourth-order valence-electron chi connectivity index (χ4n) is 5.30.